The van der Waals surface area contributed by atoms with Crippen molar-refractivity contribution >= 4 is 39.1 Å². The molecule has 0 aromatic heterocycles. The number of benzene rings is 2. The van der Waals surface area contributed by atoms with E-state index in [-0.39, 0.29) is 16.7 Å². The number of amides is 1. The summed E-state index contributed by atoms with van der Waals surface area (Å²) in [6, 6.07) is 12.8. The third-order valence-corrected chi connectivity index (χ3v) is 8.67. The number of nitrogens with zero attached hydrogens (tertiary/aromatic N) is 2. The number of methoxy groups -OCH3 is 1. The lowest BCUT2D eigenvalue weighted by Crippen LogP contribution is -2.48. The fourth-order valence-electron chi connectivity index (χ4n) is 3.58. The van der Waals surface area contributed by atoms with Crippen molar-refractivity contribution in [3.05, 3.63) is 42.5 Å². The van der Waals surface area contributed by atoms with Crippen molar-refractivity contribution in [2.45, 2.75) is 16.7 Å². The molecule has 2 aliphatic heterocycles. The van der Waals surface area contributed by atoms with E-state index in [9.17, 15) is 13.2 Å². The first-order valence-corrected chi connectivity index (χ1v) is 12.3. The molecule has 7 nitrogen and oxygen atoms in total. The zero-order valence-corrected chi connectivity index (χ0v) is 18.6. The van der Waals surface area contributed by atoms with Crippen LogP contribution in [0.1, 0.15) is 6.92 Å². The van der Waals surface area contributed by atoms with Crippen molar-refractivity contribution in [2.75, 3.05) is 49.3 Å². The van der Waals surface area contributed by atoms with Crippen LogP contribution in [0, 0.1) is 5.92 Å². The van der Waals surface area contributed by atoms with Gasteiger partial charge in [-0.1, -0.05) is 13.0 Å². The maximum atomic E-state index is 13.2. The normalized spacial score (nSPS) is 20.3. The minimum Gasteiger partial charge on any atom is -0.497 e. The fraction of sp³-hybridized carbons (Fsp3) is 0.381. The number of piperazine rings is 1. The zero-order chi connectivity index (χ0) is 21.3. The number of carbonyl (C=O) groups excluding carboxylic acids is 1. The van der Waals surface area contributed by atoms with Gasteiger partial charge in [0.1, 0.15) is 5.75 Å². The Morgan fingerprint density at radius 1 is 1.10 bits per heavy atom. The minimum atomic E-state index is -3.64. The average Bonchev–Trinajstić information content (AvgIpc) is 2.91. The van der Waals surface area contributed by atoms with Gasteiger partial charge in [-0.2, -0.15) is 4.31 Å². The Hall–Kier alpha value is -2.23. The van der Waals surface area contributed by atoms with Crippen molar-refractivity contribution < 1.29 is 17.9 Å². The highest BCUT2D eigenvalue weighted by Crippen LogP contribution is 2.35. The van der Waals surface area contributed by atoms with Gasteiger partial charge in [0.25, 0.3) is 0 Å². The maximum Gasteiger partial charge on any atom is 0.243 e. The molecule has 2 aliphatic rings. The van der Waals surface area contributed by atoms with Gasteiger partial charge in [-0.15, -0.1) is 11.8 Å². The molecule has 9 heteroatoms. The van der Waals surface area contributed by atoms with Crippen LogP contribution < -0.4 is 15.0 Å². The van der Waals surface area contributed by atoms with E-state index < -0.39 is 10.0 Å². The molecule has 1 N–H and O–H groups in total. The molecule has 0 bridgehead atoms. The smallest absolute Gasteiger partial charge is 0.243 e. The molecule has 1 saturated heterocycles. The topological polar surface area (TPSA) is 79.0 Å². The van der Waals surface area contributed by atoms with Gasteiger partial charge in [-0.05, 0) is 30.3 Å². The second-order valence-electron chi connectivity index (χ2n) is 7.45. The number of sulfonamides is 1. The summed E-state index contributed by atoms with van der Waals surface area (Å²) in [5.74, 6) is 1.26. The summed E-state index contributed by atoms with van der Waals surface area (Å²) in [4.78, 5) is 15.4. The van der Waals surface area contributed by atoms with Gasteiger partial charge in [0.15, 0.2) is 0 Å². The van der Waals surface area contributed by atoms with Gasteiger partial charge in [0.2, 0.25) is 15.9 Å². The summed E-state index contributed by atoms with van der Waals surface area (Å²) < 4.78 is 33.2. The first-order chi connectivity index (χ1) is 14.4. The molecule has 0 spiro atoms. The number of ether oxygens (including phenoxy) is 1. The number of anilines is 2. The molecular formula is C21H25N3O4S2. The van der Waals surface area contributed by atoms with Crippen molar-refractivity contribution in [1.29, 1.82) is 0 Å². The van der Waals surface area contributed by atoms with Crippen LogP contribution in [0.2, 0.25) is 0 Å². The molecule has 2 aromatic rings. The number of hydrogen-bond donors (Lipinski definition) is 1. The van der Waals surface area contributed by atoms with E-state index in [1.54, 1.807) is 37.1 Å². The number of nitrogens with one attached hydrogen (secondary N) is 1. The SMILES string of the molecule is COc1cccc(N2CCN(S(=O)(=O)c3ccc4c(c3)NC(=O)[C@@H](C)CS4)CC2)c1. The van der Waals surface area contributed by atoms with E-state index in [1.807, 2.05) is 31.2 Å². The second-order valence-corrected chi connectivity index (χ2v) is 10.5. The molecule has 160 valence electrons. The first kappa shape index (κ1) is 21.0. The predicted octanol–water partition coefficient (Wildman–Crippen LogP) is 2.89. The van der Waals surface area contributed by atoms with Crippen LogP contribution in [0.5, 0.6) is 5.75 Å². The molecule has 30 heavy (non-hydrogen) atoms. The van der Waals surface area contributed by atoms with Crippen LogP contribution in [-0.4, -0.2) is 57.7 Å². The number of fused-ring (bicyclic) bond motifs is 1. The van der Waals surface area contributed by atoms with Crippen molar-refractivity contribution in [1.82, 2.24) is 4.31 Å². The van der Waals surface area contributed by atoms with E-state index in [1.165, 1.54) is 4.31 Å². The van der Waals surface area contributed by atoms with Gasteiger partial charge < -0.3 is 15.0 Å². The van der Waals surface area contributed by atoms with Crippen molar-refractivity contribution in [2.24, 2.45) is 5.92 Å². The maximum absolute atomic E-state index is 13.2. The lowest BCUT2D eigenvalue weighted by Gasteiger charge is -2.35. The van der Waals surface area contributed by atoms with Crippen LogP contribution in [0.4, 0.5) is 11.4 Å². The van der Waals surface area contributed by atoms with Crippen LogP contribution in [0.15, 0.2) is 52.3 Å². The van der Waals surface area contributed by atoms with E-state index in [4.69, 9.17) is 4.74 Å². The van der Waals surface area contributed by atoms with E-state index >= 15 is 0 Å². The molecule has 0 unspecified atom stereocenters. The molecule has 2 aromatic carbocycles. The van der Waals surface area contributed by atoms with Gasteiger partial charge in [0.05, 0.1) is 17.7 Å². The molecule has 0 radical (unpaired) electrons. The highest BCUT2D eigenvalue weighted by molar-refractivity contribution is 7.99. The lowest BCUT2D eigenvalue weighted by molar-refractivity contribution is -0.118. The van der Waals surface area contributed by atoms with Gasteiger partial charge in [-0.25, -0.2) is 8.42 Å². The molecule has 1 fully saturated rings. The molecule has 1 atom stereocenters. The average molecular weight is 448 g/mol. The van der Waals surface area contributed by atoms with Crippen LogP contribution in [-0.2, 0) is 14.8 Å². The Bertz CT molecular complexity index is 1050. The Labute approximate surface area is 181 Å². The summed E-state index contributed by atoms with van der Waals surface area (Å²) in [7, 11) is -2.00. The monoisotopic (exact) mass is 447 g/mol. The number of carbonyl (C=O) groups is 1. The Morgan fingerprint density at radius 2 is 1.87 bits per heavy atom. The van der Waals surface area contributed by atoms with E-state index in [0.717, 1.165) is 16.3 Å². The Balaban J connectivity index is 1.50. The third kappa shape index (κ3) is 4.14. The molecule has 0 saturated carbocycles. The number of rotatable bonds is 4. The second kappa shape index (κ2) is 8.49. The van der Waals surface area contributed by atoms with Gasteiger partial charge >= 0.3 is 0 Å². The quantitative estimate of drug-likeness (QED) is 0.777. The Kier molecular flexibility index (Phi) is 5.95. The summed E-state index contributed by atoms with van der Waals surface area (Å²) in [6.07, 6.45) is 0. The van der Waals surface area contributed by atoms with Crippen LogP contribution >= 0.6 is 11.8 Å². The first-order valence-electron chi connectivity index (χ1n) is 9.85. The molecule has 1 amide bonds. The van der Waals surface area contributed by atoms with Crippen molar-refractivity contribution in [3.8, 4) is 5.75 Å². The summed E-state index contributed by atoms with van der Waals surface area (Å²) in [6.45, 7) is 3.86. The lowest BCUT2D eigenvalue weighted by atomic mass is 10.2. The number of hydrogen-bond acceptors (Lipinski definition) is 6. The summed E-state index contributed by atoms with van der Waals surface area (Å²) in [5.41, 5.74) is 1.59. The van der Waals surface area contributed by atoms with Gasteiger partial charge in [-0.3, -0.25) is 4.79 Å². The highest BCUT2D eigenvalue weighted by atomic mass is 32.2. The summed E-state index contributed by atoms with van der Waals surface area (Å²) >= 11 is 1.57. The van der Waals surface area contributed by atoms with E-state index in [0.29, 0.717) is 37.6 Å². The van der Waals surface area contributed by atoms with Gasteiger partial charge in [0, 0.05) is 54.5 Å². The standard InChI is InChI=1S/C21H25N3O4S2/c1-15-14-29-20-7-6-18(13-19(20)22-21(15)25)30(26,27)24-10-8-23(9-11-24)16-4-3-5-17(12-16)28-2/h3-7,12-13,15H,8-11,14H2,1-2H3,(H,22,25)/t15-/m0/s1. The fourth-order valence-corrected chi connectivity index (χ4v) is 6.04. The Morgan fingerprint density at radius 3 is 2.60 bits per heavy atom. The van der Waals surface area contributed by atoms with Crippen molar-refractivity contribution in [3.63, 3.8) is 0 Å². The molecule has 2 heterocycles. The largest absolute Gasteiger partial charge is 0.497 e. The van der Waals surface area contributed by atoms with Crippen LogP contribution in [0.3, 0.4) is 0 Å². The molecule has 4 rings (SSSR count). The minimum absolute atomic E-state index is 0.0808. The highest BCUT2D eigenvalue weighted by Gasteiger charge is 2.30. The van der Waals surface area contributed by atoms with Crippen LogP contribution in [0.25, 0.3) is 0 Å². The predicted molar refractivity (Wildman–Crippen MR) is 119 cm³/mol. The molecular weight excluding hydrogens is 422 g/mol. The summed E-state index contributed by atoms with van der Waals surface area (Å²) in [5, 5.41) is 2.86. The zero-order valence-electron chi connectivity index (χ0n) is 17.0. The molecule has 0 aliphatic carbocycles. The third-order valence-electron chi connectivity index (χ3n) is 5.44. The number of thioether (sulfide) groups is 1. The van der Waals surface area contributed by atoms with E-state index in [2.05, 4.69) is 10.2 Å².